The number of hydrogen-bond donors (Lipinski definition) is 0. The van der Waals surface area contributed by atoms with Gasteiger partial charge in [-0.2, -0.15) is 0 Å². The summed E-state index contributed by atoms with van der Waals surface area (Å²) in [6.07, 6.45) is 2.83. The molecule has 0 radical (unpaired) electrons. The molecule has 0 atom stereocenters. The fraction of sp³-hybridized carbons (Fsp3) is 0.684. The van der Waals surface area contributed by atoms with Crippen LogP contribution in [-0.2, 0) is 25.4 Å². The van der Waals surface area contributed by atoms with Gasteiger partial charge in [-0.25, -0.2) is 8.78 Å². The first-order chi connectivity index (χ1) is 12.2. The van der Waals surface area contributed by atoms with Crippen LogP contribution in [0.5, 0.6) is 0 Å². The van der Waals surface area contributed by atoms with Crippen LogP contribution in [0.4, 0.5) is 8.78 Å². The van der Waals surface area contributed by atoms with Crippen molar-refractivity contribution in [3.05, 3.63) is 35.4 Å². The van der Waals surface area contributed by atoms with Gasteiger partial charge in [0.2, 0.25) is 0 Å². The van der Waals surface area contributed by atoms with Gasteiger partial charge in [-0.3, -0.25) is 0 Å². The largest absolute Gasteiger partial charge is 0.352 e. The molecule has 2 fully saturated rings. The summed E-state index contributed by atoms with van der Waals surface area (Å²) in [7, 11) is 0. The summed E-state index contributed by atoms with van der Waals surface area (Å²) in [5.41, 5.74) is 0.731. The summed E-state index contributed by atoms with van der Waals surface area (Å²) in [5, 5.41) is 0. The molecule has 1 aromatic carbocycles. The van der Waals surface area contributed by atoms with Crippen LogP contribution in [0.1, 0.15) is 31.7 Å². The minimum atomic E-state index is -0.828. The molecule has 0 amide bonds. The minimum absolute atomic E-state index is 0.0714. The van der Waals surface area contributed by atoms with Gasteiger partial charge in [-0.15, -0.1) is 0 Å². The van der Waals surface area contributed by atoms with Crippen LogP contribution in [-0.4, -0.2) is 39.0 Å². The first kappa shape index (κ1) is 18.7. The topological polar surface area (TPSA) is 36.9 Å². The number of benzene rings is 1. The fourth-order valence-electron chi connectivity index (χ4n) is 3.27. The highest BCUT2D eigenvalue weighted by Gasteiger charge is 2.33. The maximum Gasteiger partial charge on any atom is 0.164 e. The van der Waals surface area contributed by atoms with Crippen LogP contribution >= 0.6 is 0 Å². The van der Waals surface area contributed by atoms with E-state index in [1.165, 1.54) is 6.07 Å². The normalized spacial score (nSPS) is 30.4. The van der Waals surface area contributed by atoms with Crippen LogP contribution in [0.15, 0.2) is 18.2 Å². The average Bonchev–Trinajstić information content (AvgIpc) is 2.64. The van der Waals surface area contributed by atoms with Crippen molar-refractivity contribution in [1.29, 1.82) is 0 Å². The second-order valence-corrected chi connectivity index (χ2v) is 6.83. The van der Waals surface area contributed by atoms with E-state index in [1.54, 1.807) is 6.07 Å². The molecule has 25 heavy (non-hydrogen) atoms. The van der Waals surface area contributed by atoms with Crippen LogP contribution in [0.3, 0.4) is 0 Å². The van der Waals surface area contributed by atoms with Gasteiger partial charge in [0.05, 0.1) is 32.3 Å². The van der Waals surface area contributed by atoms with Gasteiger partial charge in [-0.05, 0) is 30.5 Å². The van der Waals surface area contributed by atoms with E-state index in [1.807, 2.05) is 0 Å². The Morgan fingerprint density at radius 1 is 0.920 bits per heavy atom. The Bertz CT molecular complexity index is 538. The molecule has 0 bridgehead atoms. The molecule has 0 unspecified atom stereocenters. The molecule has 0 aromatic heterocycles. The van der Waals surface area contributed by atoms with Crippen molar-refractivity contribution >= 4 is 0 Å². The highest BCUT2D eigenvalue weighted by molar-refractivity contribution is 5.17. The van der Waals surface area contributed by atoms with Gasteiger partial charge in [0, 0.05) is 12.3 Å². The third-order valence-corrected chi connectivity index (χ3v) is 4.72. The Kier molecular flexibility index (Phi) is 6.76. The molecule has 2 aliphatic heterocycles. The Labute approximate surface area is 147 Å². The Morgan fingerprint density at radius 3 is 2.28 bits per heavy atom. The number of hydrogen-bond acceptors (Lipinski definition) is 4. The lowest BCUT2D eigenvalue weighted by Crippen LogP contribution is -2.44. The second-order valence-electron chi connectivity index (χ2n) is 6.83. The lowest BCUT2D eigenvalue weighted by atomic mass is 10.0. The zero-order valence-corrected chi connectivity index (χ0v) is 14.6. The summed E-state index contributed by atoms with van der Waals surface area (Å²) >= 11 is 0. The number of halogens is 2. The molecule has 0 N–H and O–H groups in total. The summed E-state index contributed by atoms with van der Waals surface area (Å²) in [5.74, 6) is -1.10. The smallest absolute Gasteiger partial charge is 0.164 e. The van der Waals surface area contributed by atoms with Gasteiger partial charge in [0.25, 0.3) is 0 Å². The molecule has 4 nitrogen and oxygen atoms in total. The Morgan fingerprint density at radius 2 is 1.64 bits per heavy atom. The summed E-state index contributed by atoms with van der Waals surface area (Å²) < 4.78 is 49.3. The van der Waals surface area contributed by atoms with Crippen LogP contribution in [0, 0.1) is 23.5 Å². The van der Waals surface area contributed by atoms with E-state index in [9.17, 15) is 8.78 Å². The van der Waals surface area contributed by atoms with Crippen LogP contribution in [0.25, 0.3) is 0 Å². The van der Waals surface area contributed by atoms with Crippen molar-refractivity contribution in [2.75, 3.05) is 26.4 Å². The first-order valence-electron chi connectivity index (χ1n) is 9.06. The number of rotatable bonds is 6. The lowest BCUT2D eigenvalue weighted by Gasteiger charge is -2.37. The molecule has 2 saturated heterocycles. The number of ether oxygens (including phenoxy) is 4. The zero-order valence-electron chi connectivity index (χ0n) is 14.6. The standard InChI is InChI=1S/C19H26F2O4/c1-2-3-14-9-24-19(25-10-14)15-11-22-18(23-12-15)7-5-13-4-6-16(20)17(21)8-13/h4,6,8,14-15,18-19H,2-3,5,7,9-12H2,1H3. The maximum absolute atomic E-state index is 13.2. The van der Waals surface area contributed by atoms with E-state index in [2.05, 4.69) is 6.92 Å². The molecule has 2 heterocycles. The van der Waals surface area contributed by atoms with Crippen molar-refractivity contribution in [1.82, 2.24) is 0 Å². The predicted octanol–water partition coefficient (Wildman–Crippen LogP) is 3.68. The minimum Gasteiger partial charge on any atom is -0.352 e. The fourth-order valence-corrected chi connectivity index (χ4v) is 3.27. The van der Waals surface area contributed by atoms with Gasteiger partial charge >= 0.3 is 0 Å². The quantitative estimate of drug-likeness (QED) is 0.779. The number of aryl methyl sites for hydroxylation is 1. The Balaban J connectivity index is 1.38. The highest BCUT2D eigenvalue weighted by atomic mass is 19.2. The summed E-state index contributed by atoms with van der Waals surface area (Å²) in [6, 6.07) is 3.95. The molecule has 6 heteroatoms. The van der Waals surface area contributed by atoms with Gasteiger partial charge < -0.3 is 18.9 Å². The zero-order chi connectivity index (χ0) is 17.6. The van der Waals surface area contributed by atoms with E-state index < -0.39 is 11.6 Å². The van der Waals surface area contributed by atoms with Crippen molar-refractivity contribution in [2.45, 2.75) is 45.2 Å². The molecular weight excluding hydrogens is 330 g/mol. The van der Waals surface area contributed by atoms with E-state index in [0.29, 0.717) is 32.0 Å². The molecular formula is C19H26F2O4. The van der Waals surface area contributed by atoms with Crippen LogP contribution in [0.2, 0.25) is 0 Å². The summed E-state index contributed by atoms with van der Waals surface area (Å²) in [4.78, 5) is 0. The molecule has 0 saturated carbocycles. The third kappa shape index (κ3) is 5.20. The van der Waals surface area contributed by atoms with Gasteiger partial charge in [0.15, 0.2) is 24.2 Å². The SMILES string of the molecule is CCCC1COC(C2COC(CCc3ccc(F)c(F)c3)OC2)OC1. The van der Waals surface area contributed by atoms with E-state index in [4.69, 9.17) is 18.9 Å². The molecule has 0 aliphatic carbocycles. The molecule has 140 valence electrons. The van der Waals surface area contributed by atoms with Crippen molar-refractivity contribution in [3.8, 4) is 0 Å². The third-order valence-electron chi connectivity index (χ3n) is 4.72. The lowest BCUT2D eigenvalue weighted by molar-refractivity contribution is -0.281. The molecule has 0 spiro atoms. The maximum atomic E-state index is 13.2. The predicted molar refractivity (Wildman–Crippen MR) is 88.0 cm³/mol. The van der Waals surface area contributed by atoms with E-state index in [-0.39, 0.29) is 18.5 Å². The molecule has 3 rings (SSSR count). The van der Waals surface area contributed by atoms with E-state index in [0.717, 1.165) is 37.7 Å². The van der Waals surface area contributed by atoms with Crippen molar-refractivity contribution in [3.63, 3.8) is 0 Å². The van der Waals surface area contributed by atoms with Crippen molar-refractivity contribution < 1.29 is 27.7 Å². The Hall–Kier alpha value is -1.08. The molecule has 2 aliphatic rings. The highest BCUT2D eigenvalue weighted by Crippen LogP contribution is 2.25. The molecule has 1 aromatic rings. The van der Waals surface area contributed by atoms with Gasteiger partial charge in [0.1, 0.15) is 0 Å². The monoisotopic (exact) mass is 356 g/mol. The van der Waals surface area contributed by atoms with Crippen LogP contribution < -0.4 is 0 Å². The second kappa shape index (κ2) is 9.03. The first-order valence-corrected chi connectivity index (χ1v) is 9.06. The van der Waals surface area contributed by atoms with Gasteiger partial charge in [-0.1, -0.05) is 19.4 Å². The summed E-state index contributed by atoms with van der Waals surface area (Å²) in [6.45, 7) is 4.66. The van der Waals surface area contributed by atoms with Crippen molar-refractivity contribution in [2.24, 2.45) is 11.8 Å². The van der Waals surface area contributed by atoms with E-state index >= 15 is 0 Å². The average molecular weight is 356 g/mol.